The maximum atomic E-state index is 8.55. The van der Waals surface area contributed by atoms with Crippen LogP contribution in [0.4, 0.5) is 0 Å². The number of fused-ring (bicyclic) bond motifs is 1. The number of hydrogen-bond donors (Lipinski definition) is 0. The molecular formula is C9H6N2OS. The van der Waals surface area contributed by atoms with E-state index in [1.165, 1.54) is 0 Å². The second-order valence-corrected chi connectivity index (χ2v) is 3.34. The Morgan fingerprint density at radius 2 is 2.38 bits per heavy atom. The molecule has 4 heteroatoms. The zero-order valence-electron chi connectivity index (χ0n) is 6.94. The van der Waals surface area contributed by atoms with E-state index in [4.69, 9.17) is 9.68 Å². The van der Waals surface area contributed by atoms with E-state index in [9.17, 15) is 0 Å². The highest BCUT2D eigenvalue weighted by Gasteiger charge is 2.04. The predicted octanol–water partition coefficient (Wildman–Crippen LogP) is 2.42. The van der Waals surface area contributed by atoms with E-state index in [1.807, 2.05) is 30.5 Å². The largest absolute Gasteiger partial charge is 0.428 e. The molecule has 2 rings (SSSR count). The van der Waals surface area contributed by atoms with E-state index < -0.39 is 0 Å². The lowest BCUT2D eigenvalue weighted by Gasteiger charge is -1.92. The van der Waals surface area contributed by atoms with Gasteiger partial charge < -0.3 is 4.42 Å². The van der Waals surface area contributed by atoms with Gasteiger partial charge >= 0.3 is 5.89 Å². The van der Waals surface area contributed by atoms with E-state index in [2.05, 4.69) is 4.98 Å². The summed E-state index contributed by atoms with van der Waals surface area (Å²) in [6.45, 7) is 0. The number of benzene rings is 1. The molecule has 0 atom stereocenters. The molecule has 0 bridgehead atoms. The molecule has 0 unspecified atom stereocenters. The van der Waals surface area contributed by atoms with Gasteiger partial charge in [-0.1, -0.05) is 0 Å². The summed E-state index contributed by atoms with van der Waals surface area (Å²) in [4.78, 5) is 5.11. The predicted molar refractivity (Wildman–Crippen MR) is 50.5 cm³/mol. The molecule has 13 heavy (non-hydrogen) atoms. The fourth-order valence-electron chi connectivity index (χ4n) is 1.08. The van der Waals surface area contributed by atoms with Crippen molar-refractivity contribution in [2.75, 3.05) is 6.26 Å². The average molecular weight is 190 g/mol. The van der Waals surface area contributed by atoms with Gasteiger partial charge in [0.25, 0.3) is 0 Å². The summed E-state index contributed by atoms with van der Waals surface area (Å²) in [6.07, 6.45) is 1.99. The van der Waals surface area contributed by atoms with Crippen LogP contribution in [0.3, 0.4) is 0 Å². The summed E-state index contributed by atoms with van der Waals surface area (Å²) >= 11 is 1.64. The molecule has 1 aromatic heterocycles. The Kier molecular flexibility index (Phi) is 1.95. The number of oxazole rings is 1. The Balaban J connectivity index is 2.65. The van der Waals surface area contributed by atoms with Crippen molar-refractivity contribution < 1.29 is 4.42 Å². The number of nitrogens with zero attached hydrogens (tertiary/aromatic N) is 2. The van der Waals surface area contributed by atoms with Crippen molar-refractivity contribution in [2.45, 2.75) is 4.90 Å². The quantitative estimate of drug-likeness (QED) is 0.648. The molecule has 0 saturated heterocycles. The van der Waals surface area contributed by atoms with Crippen LogP contribution in [0.1, 0.15) is 5.89 Å². The fourth-order valence-corrected chi connectivity index (χ4v) is 1.52. The van der Waals surface area contributed by atoms with Gasteiger partial charge in [0, 0.05) is 4.90 Å². The van der Waals surface area contributed by atoms with Gasteiger partial charge in [0.05, 0.1) is 0 Å². The van der Waals surface area contributed by atoms with Gasteiger partial charge in [0.1, 0.15) is 5.52 Å². The summed E-state index contributed by atoms with van der Waals surface area (Å²) < 4.78 is 5.14. The molecule has 1 heterocycles. The van der Waals surface area contributed by atoms with Crippen LogP contribution in [0.25, 0.3) is 11.1 Å². The minimum Gasteiger partial charge on any atom is -0.428 e. The molecule has 0 aliphatic rings. The highest BCUT2D eigenvalue weighted by atomic mass is 32.2. The number of thioether (sulfide) groups is 1. The number of nitriles is 1. The molecule has 0 aliphatic carbocycles. The molecule has 0 fully saturated rings. The SMILES string of the molecule is CSc1ccc2oc(C#N)nc2c1. The first-order valence-electron chi connectivity index (χ1n) is 3.68. The molecule has 0 N–H and O–H groups in total. The van der Waals surface area contributed by atoms with Crippen LogP contribution in [0, 0.1) is 11.3 Å². The highest BCUT2D eigenvalue weighted by Crippen LogP contribution is 2.21. The van der Waals surface area contributed by atoms with Gasteiger partial charge in [-0.05, 0) is 24.5 Å². The number of rotatable bonds is 1. The summed E-state index contributed by atoms with van der Waals surface area (Å²) in [7, 11) is 0. The van der Waals surface area contributed by atoms with Gasteiger partial charge in [-0.25, -0.2) is 0 Å². The van der Waals surface area contributed by atoms with Gasteiger partial charge in [0.2, 0.25) is 0 Å². The summed E-state index contributed by atoms with van der Waals surface area (Å²) in [5.74, 6) is 0.119. The molecule has 0 amide bonds. The lowest BCUT2D eigenvalue weighted by molar-refractivity contribution is 0.584. The highest BCUT2D eigenvalue weighted by molar-refractivity contribution is 7.98. The molecule has 0 radical (unpaired) electrons. The van der Waals surface area contributed by atoms with Crippen molar-refractivity contribution in [3.8, 4) is 6.07 Å². The van der Waals surface area contributed by atoms with Gasteiger partial charge in [0.15, 0.2) is 11.7 Å². The standard InChI is InChI=1S/C9H6N2OS/c1-13-6-2-3-8-7(4-6)11-9(5-10)12-8/h2-4H,1H3. The lowest BCUT2D eigenvalue weighted by atomic mass is 10.3. The second kappa shape index (κ2) is 3.11. The Hall–Kier alpha value is -1.47. The third-order valence-corrected chi connectivity index (χ3v) is 2.42. The Bertz CT molecular complexity index is 484. The Labute approximate surface area is 79.4 Å². The maximum absolute atomic E-state index is 8.55. The first-order chi connectivity index (χ1) is 6.33. The molecule has 0 saturated carbocycles. The Morgan fingerprint density at radius 1 is 1.54 bits per heavy atom. The molecule has 3 nitrogen and oxygen atoms in total. The van der Waals surface area contributed by atoms with Crippen molar-refractivity contribution in [1.29, 1.82) is 5.26 Å². The Morgan fingerprint density at radius 3 is 3.08 bits per heavy atom. The fraction of sp³-hybridized carbons (Fsp3) is 0.111. The maximum Gasteiger partial charge on any atom is 0.301 e. The minimum atomic E-state index is 0.119. The molecule has 0 spiro atoms. The number of aromatic nitrogens is 1. The van der Waals surface area contributed by atoms with Crippen LogP contribution in [0.5, 0.6) is 0 Å². The van der Waals surface area contributed by atoms with E-state index in [0.29, 0.717) is 5.58 Å². The van der Waals surface area contributed by atoms with E-state index in [0.717, 1.165) is 10.4 Å². The van der Waals surface area contributed by atoms with Crippen molar-refractivity contribution in [3.63, 3.8) is 0 Å². The third kappa shape index (κ3) is 1.38. The molecule has 1 aromatic carbocycles. The van der Waals surface area contributed by atoms with Crippen LogP contribution in [0.2, 0.25) is 0 Å². The normalized spacial score (nSPS) is 10.2. The molecule has 2 aromatic rings. The summed E-state index contributed by atoms with van der Waals surface area (Å²) in [5, 5.41) is 8.55. The molecular weight excluding hydrogens is 184 g/mol. The summed E-state index contributed by atoms with van der Waals surface area (Å²) in [6, 6.07) is 7.55. The summed E-state index contributed by atoms with van der Waals surface area (Å²) in [5.41, 5.74) is 1.40. The topological polar surface area (TPSA) is 49.8 Å². The van der Waals surface area contributed by atoms with Crippen molar-refractivity contribution in [3.05, 3.63) is 24.1 Å². The average Bonchev–Trinajstić information content (AvgIpc) is 2.58. The zero-order chi connectivity index (χ0) is 9.26. The van der Waals surface area contributed by atoms with Gasteiger partial charge in [-0.2, -0.15) is 10.2 Å². The first-order valence-corrected chi connectivity index (χ1v) is 4.90. The monoisotopic (exact) mass is 190 g/mol. The van der Waals surface area contributed by atoms with Crippen molar-refractivity contribution in [2.24, 2.45) is 0 Å². The third-order valence-electron chi connectivity index (χ3n) is 1.69. The zero-order valence-corrected chi connectivity index (χ0v) is 7.76. The smallest absolute Gasteiger partial charge is 0.301 e. The van der Waals surface area contributed by atoms with Gasteiger partial charge in [-0.3, -0.25) is 0 Å². The lowest BCUT2D eigenvalue weighted by Crippen LogP contribution is -1.71. The van der Waals surface area contributed by atoms with Crippen LogP contribution >= 0.6 is 11.8 Å². The van der Waals surface area contributed by atoms with Gasteiger partial charge in [-0.15, -0.1) is 11.8 Å². The minimum absolute atomic E-state index is 0.119. The van der Waals surface area contributed by atoms with E-state index >= 15 is 0 Å². The van der Waals surface area contributed by atoms with Crippen LogP contribution in [0.15, 0.2) is 27.5 Å². The molecule has 0 aliphatic heterocycles. The van der Waals surface area contributed by atoms with Crippen molar-refractivity contribution in [1.82, 2.24) is 4.98 Å². The van der Waals surface area contributed by atoms with Crippen molar-refractivity contribution >= 4 is 22.9 Å². The van der Waals surface area contributed by atoms with Crippen LogP contribution in [-0.2, 0) is 0 Å². The van der Waals surface area contributed by atoms with Crippen LogP contribution in [-0.4, -0.2) is 11.2 Å². The first kappa shape index (κ1) is 8.14. The van der Waals surface area contributed by atoms with Crippen LogP contribution < -0.4 is 0 Å². The van der Waals surface area contributed by atoms with E-state index in [-0.39, 0.29) is 5.89 Å². The number of hydrogen-bond acceptors (Lipinski definition) is 4. The second-order valence-electron chi connectivity index (χ2n) is 2.46. The van der Waals surface area contributed by atoms with E-state index in [1.54, 1.807) is 11.8 Å². The molecule has 64 valence electrons.